The summed E-state index contributed by atoms with van der Waals surface area (Å²) in [5.41, 5.74) is 3.77. The normalized spacial score (nSPS) is 11.5. The molecule has 1 N–H and O–H groups in total. The molecule has 1 atom stereocenters. The van der Waals surface area contributed by atoms with Gasteiger partial charge in [0, 0.05) is 0 Å². The minimum Gasteiger partial charge on any atom is -0.494 e. The van der Waals surface area contributed by atoms with Crippen LogP contribution in [0.25, 0.3) is 0 Å². The Hall–Kier alpha value is -2.82. The van der Waals surface area contributed by atoms with Gasteiger partial charge in [0.05, 0.1) is 18.2 Å². The average Bonchev–Trinajstić information content (AvgIpc) is 2.62. The van der Waals surface area contributed by atoms with Crippen molar-refractivity contribution in [3.05, 3.63) is 64.7 Å². The van der Waals surface area contributed by atoms with Crippen molar-refractivity contribution in [1.82, 2.24) is 5.32 Å². The molecule has 0 heterocycles. The molecule has 0 aromatic heterocycles. The summed E-state index contributed by atoms with van der Waals surface area (Å²) in [4.78, 5) is 24.1. The Balaban J connectivity index is 1.85. The van der Waals surface area contributed by atoms with Gasteiger partial charge in [-0.1, -0.05) is 18.2 Å². The Kier molecular flexibility index (Phi) is 6.78. The number of ether oxygens (including phenoxy) is 2. The summed E-state index contributed by atoms with van der Waals surface area (Å²) in [6.07, 6.45) is 0. The zero-order chi connectivity index (χ0) is 19.1. The van der Waals surface area contributed by atoms with E-state index in [0.717, 1.165) is 5.56 Å². The largest absolute Gasteiger partial charge is 0.494 e. The lowest BCUT2D eigenvalue weighted by atomic mass is 10.0. The van der Waals surface area contributed by atoms with Gasteiger partial charge in [-0.3, -0.25) is 4.79 Å². The second-order valence-electron chi connectivity index (χ2n) is 6.17. The number of esters is 1. The van der Waals surface area contributed by atoms with E-state index in [-0.39, 0.29) is 18.6 Å². The summed E-state index contributed by atoms with van der Waals surface area (Å²) in [6.45, 7) is 8.11. The first-order valence-corrected chi connectivity index (χ1v) is 8.67. The number of nitrogens with one attached hydrogen (secondary N) is 1. The second-order valence-corrected chi connectivity index (χ2v) is 6.17. The van der Waals surface area contributed by atoms with Gasteiger partial charge in [0.2, 0.25) is 0 Å². The number of amides is 1. The number of carbonyl (C=O) groups is 2. The van der Waals surface area contributed by atoms with Crippen LogP contribution in [0.1, 0.15) is 46.9 Å². The standard InChI is InChI=1S/C21H25NO4/c1-5-25-19-10-8-17(9-11-19)21(24)26-13-20(23)22-16(4)18-7-6-14(2)15(3)12-18/h6-12,16H,5,13H2,1-4H3,(H,22,23)/t16-/m0/s1. The maximum Gasteiger partial charge on any atom is 0.338 e. The molecule has 2 aromatic carbocycles. The van der Waals surface area contributed by atoms with Crippen molar-refractivity contribution in [2.75, 3.05) is 13.2 Å². The molecule has 1 amide bonds. The van der Waals surface area contributed by atoms with Gasteiger partial charge in [-0.05, 0) is 68.7 Å². The fourth-order valence-corrected chi connectivity index (χ4v) is 2.47. The van der Waals surface area contributed by atoms with Crippen LogP contribution in [-0.4, -0.2) is 25.1 Å². The highest BCUT2D eigenvalue weighted by molar-refractivity contribution is 5.91. The van der Waals surface area contributed by atoms with Crippen LogP contribution in [0.15, 0.2) is 42.5 Å². The first-order valence-electron chi connectivity index (χ1n) is 8.67. The number of rotatable bonds is 7. The smallest absolute Gasteiger partial charge is 0.338 e. The van der Waals surface area contributed by atoms with Crippen molar-refractivity contribution in [2.24, 2.45) is 0 Å². The molecule has 138 valence electrons. The van der Waals surface area contributed by atoms with Gasteiger partial charge < -0.3 is 14.8 Å². The highest BCUT2D eigenvalue weighted by Gasteiger charge is 2.13. The monoisotopic (exact) mass is 355 g/mol. The number of carbonyl (C=O) groups excluding carboxylic acids is 2. The molecule has 0 saturated heterocycles. The van der Waals surface area contributed by atoms with Crippen LogP contribution < -0.4 is 10.1 Å². The van der Waals surface area contributed by atoms with Gasteiger partial charge in [0.15, 0.2) is 6.61 Å². The minimum absolute atomic E-state index is 0.161. The zero-order valence-corrected chi connectivity index (χ0v) is 15.7. The Morgan fingerprint density at radius 1 is 1.04 bits per heavy atom. The van der Waals surface area contributed by atoms with Crippen molar-refractivity contribution in [3.8, 4) is 5.75 Å². The number of benzene rings is 2. The molecule has 0 spiro atoms. The summed E-state index contributed by atoms with van der Waals surface area (Å²) in [6, 6.07) is 12.5. The first kappa shape index (κ1) is 19.5. The molecule has 0 fully saturated rings. The van der Waals surface area contributed by atoms with Gasteiger partial charge in [-0.15, -0.1) is 0 Å². The third-order valence-corrected chi connectivity index (χ3v) is 4.14. The van der Waals surface area contributed by atoms with Crippen LogP contribution in [0, 0.1) is 13.8 Å². The number of aryl methyl sites for hydroxylation is 2. The summed E-state index contributed by atoms with van der Waals surface area (Å²) < 4.78 is 10.4. The lowest BCUT2D eigenvalue weighted by molar-refractivity contribution is -0.124. The van der Waals surface area contributed by atoms with Crippen LogP contribution in [0.3, 0.4) is 0 Å². The van der Waals surface area contributed by atoms with Crippen molar-refractivity contribution in [2.45, 2.75) is 33.7 Å². The fourth-order valence-electron chi connectivity index (χ4n) is 2.47. The summed E-state index contributed by atoms with van der Waals surface area (Å²) >= 11 is 0. The van der Waals surface area contributed by atoms with Crippen LogP contribution >= 0.6 is 0 Å². The van der Waals surface area contributed by atoms with Crippen molar-refractivity contribution >= 4 is 11.9 Å². The lowest BCUT2D eigenvalue weighted by Crippen LogP contribution is -2.31. The van der Waals surface area contributed by atoms with Gasteiger partial charge in [-0.25, -0.2) is 4.79 Å². The van der Waals surface area contributed by atoms with Crippen molar-refractivity contribution in [1.29, 1.82) is 0 Å². The molecule has 0 saturated carbocycles. The van der Waals surface area contributed by atoms with Crippen molar-refractivity contribution in [3.63, 3.8) is 0 Å². The highest BCUT2D eigenvalue weighted by atomic mass is 16.5. The van der Waals surface area contributed by atoms with E-state index in [0.29, 0.717) is 17.9 Å². The summed E-state index contributed by atoms with van der Waals surface area (Å²) in [5.74, 6) is -0.193. The molecule has 26 heavy (non-hydrogen) atoms. The lowest BCUT2D eigenvalue weighted by Gasteiger charge is -2.16. The predicted molar refractivity (Wildman–Crippen MR) is 100 cm³/mol. The predicted octanol–water partition coefficient (Wildman–Crippen LogP) is 3.74. The SMILES string of the molecule is CCOc1ccc(C(=O)OCC(=O)N[C@@H](C)c2ccc(C)c(C)c2)cc1. The molecule has 0 aliphatic rings. The van der Waals surface area contributed by atoms with E-state index in [2.05, 4.69) is 5.32 Å². The maximum atomic E-state index is 12.0. The molecule has 2 aromatic rings. The van der Waals surface area contributed by atoms with Gasteiger partial charge in [-0.2, -0.15) is 0 Å². The maximum absolute atomic E-state index is 12.0. The van der Waals surface area contributed by atoms with E-state index in [9.17, 15) is 9.59 Å². The molecule has 0 aliphatic carbocycles. The summed E-state index contributed by atoms with van der Waals surface area (Å²) in [7, 11) is 0. The molecule has 0 radical (unpaired) electrons. The summed E-state index contributed by atoms with van der Waals surface area (Å²) in [5, 5.41) is 2.84. The molecular formula is C21H25NO4. The Morgan fingerprint density at radius 3 is 2.35 bits per heavy atom. The molecule has 5 nitrogen and oxygen atoms in total. The van der Waals surface area contributed by atoms with E-state index in [1.54, 1.807) is 24.3 Å². The minimum atomic E-state index is -0.540. The molecule has 2 rings (SSSR count). The molecule has 5 heteroatoms. The Morgan fingerprint density at radius 2 is 1.73 bits per heavy atom. The average molecular weight is 355 g/mol. The van der Waals surface area contributed by atoms with E-state index in [1.807, 2.05) is 45.9 Å². The molecule has 0 bridgehead atoms. The van der Waals surface area contributed by atoms with Crippen LogP contribution in [0.4, 0.5) is 0 Å². The second kappa shape index (κ2) is 9.04. The molecule has 0 unspecified atom stereocenters. The third kappa shape index (κ3) is 5.34. The number of hydrogen-bond acceptors (Lipinski definition) is 4. The number of hydrogen-bond donors (Lipinski definition) is 1. The topological polar surface area (TPSA) is 64.6 Å². The van der Waals surface area contributed by atoms with E-state index in [4.69, 9.17) is 9.47 Å². The Labute approximate surface area is 154 Å². The van der Waals surface area contributed by atoms with Gasteiger partial charge in [0.1, 0.15) is 5.75 Å². The molecular weight excluding hydrogens is 330 g/mol. The van der Waals surface area contributed by atoms with Crippen LogP contribution in [0.5, 0.6) is 5.75 Å². The fraction of sp³-hybridized carbons (Fsp3) is 0.333. The van der Waals surface area contributed by atoms with Gasteiger partial charge in [0.25, 0.3) is 5.91 Å². The quantitative estimate of drug-likeness (QED) is 0.769. The molecule has 0 aliphatic heterocycles. The van der Waals surface area contributed by atoms with E-state index >= 15 is 0 Å². The first-order chi connectivity index (χ1) is 12.4. The van der Waals surface area contributed by atoms with Crippen LogP contribution in [-0.2, 0) is 9.53 Å². The third-order valence-electron chi connectivity index (χ3n) is 4.14. The van der Waals surface area contributed by atoms with E-state index < -0.39 is 5.97 Å². The Bertz CT molecular complexity index is 768. The van der Waals surface area contributed by atoms with E-state index in [1.165, 1.54) is 11.1 Å². The van der Waals surface area contributed by atoms with Crippen molar-refractivity contribution < 1.29 is 19.1 Å². The van der Waals surface area contributed by atoms with Crippen LogP contribution in [0.2, 0.25) is 0 Å². The highest BCUT2D eigenvalue weighted by Crippen LogP contribution is 2.17. The van der Waals surface area contributed by atoms with Gasteiger partial charge >= 0.3 is 5.97 Å². The zero-order valence-electron chi connectivity index (χ0n) is 15.7.